The molecule has 1 unspecified atom stereocenters. The maximum atomic E-state index is 10.5. The van der Waals surface area contributed by atoms with E-state index in [2.05, 4.69) is 34.9 Å². The minimum atomic E-state index is -0.601. The number of aryl methyl sites for hydroxylation is 2. The van der Waals surface area contributed by atoms with Gasteiger partial charge in [-0.25, -0.2) is 0 Å². The minimum absolute atomic E-state index is 0.601. The standard InChI is InChI=1S/C13H23BrN2O/c1-5-8-13(17,7-3)9-11-12(14)10(6-2)15-16(11)4/h17H,5-9H2,1-4H3. The fourth-order valence-electron chi connectivity index (χ4n) is 2.18. The van der Waals surface area contributed by atoms with Gasteiger partial charge in [0.25, 0.3) is 0 Å². The molecular formula is C13H23BrN2O. The molecule has 3 nitrogen and oxygen atoms in total. The molecule has 1 aromatic heterocycles. The van der Waals surface area contributed by atoms with Crippen molar-refractivity contribution in [3.63, 3.8) is 0 Å². The Balaban J connectivity index is 2.97. The molecule has 17 heavy (non-hydrogen) atoms. The van der Waals surface area contributed by atoms with E-state index in [0.717, 1.165) is 41.5 Å². The molecule has 0 fully saturated rings. The molecule has 0 aliphatic carbocycles. The summed E-state index contributed by atoms with van der Waals surface area (Å²) in [5, 5.41) is 15.0. The van der Waals surface area contributed by atoms with Crippen LogP contribution in [-0.4, -0.2) is 20.5 Å². The summed E-state index contributed by atoms with van der Waals surface area (Å²) in [4.78, 5) is 0. The lowest BCUT2D eigenvalue weighted by Gasteiger charge is -2.26. The highest BCUT2D eigenvalue weighted by atomic mass is 79.9. The van der Waals surface area contributed by atoms with E-state index in [1.165, 1.54) is 0 Å². The van der Waals surface area contributed by atoms with Crippen LogP contribution >= 0.6 is 15.9 Å². The third-order valence-corrected chi connectivity index (χ3v) is 4.29. The van der Waals surface area contributed by atoms with Crippen molar-refractivity contribution in [3.8, 4) is 0 Å². The van der Waals surface area contributed by atoms with Crippen molar-refractivity contribution >= 4 is 15.9 Å². The van der Waals surface area contributed by atoms with Gasteiger partial charge in [-0.05, 0) is 35.2 Å². The Morgan fingerprint density at radius 1 is 1.35 bits per heavy atom. The highest BCUT2D eigenvalue weighted by Gasteiger charge is 2.27. The zero-order chi connectivity index (χ0) is 13.1. The smallest absolute Gasteiger partial charge is 0.0766 e. The zero-order valence-electron chi connectivity index (χ0n) is 11.3. The van der Waals surface area contributed by atoms with Crippen molar-refractivity contribution in [3.05, 3.63) is 15.9 Å². The van der Waals surface area contributed by atoms with Gasteiger partial charge in [-0.1, -0.05) is 27.2 Å². The molecular weight excluding hydrogens is 280 g/mol. The third-order valence-electron chi connectivity index (χ3n) is 3.37. The summed E-state index contributed by atoms with van der Waals surface area (Å²) in [5.41, 5.74) is 1.56. The quantitative estimate of drug-likeness (QED) is 0.876. The normalized spacial score (nSPS) is 14.9. The van der Waals surface area contributed by atoms with E-state index < -0.39 is 5.60 Å². The van der Waals surface area contributed by atoms with E-state index in [1.54, 1.807) is 0 Å². The number of nitrogens with zero attached hydrogens (tertiary/aromatic N) is 2. The van der Waals surface area contributed by atoms with Crippen molar-refractivity contribution in [2.75, 3.05) is 0 Å². The van der Waals surface area contributed by atoms with Gasteiger partial charge in [0, 0.05) is 13.5 Å². The SMILES string of the molecule is CCCC(O)(CC)Cc1c(Br)c(CC)nn1C. The highest BCUT2D eigenvalue weighted by Crippen LogP contribution is 2.29. The third kappa shape index (κ3) is 3.32. The Hall–Kier alpha value is -0.350. The van der Waals surface area contributed by atoms with Gasteiger partial charge < -0.3 is 5.11 Å². The predicted octanol–water partition coefficient (Wildman–Crippen LogP) is 3.23. The molecule has 0 spiro atoms. The number of aromatic nitrogens is 2. The lowest BCUT2D eigenvalue weighted by Crippen LogP contribution is -2.31. The fourth-order valence-corrected chi connectivity index (χ4v) is 2.94. The fraction of sp³-hybridized carbons (Fsp3) is 0.769. The van der Waals surface area contributed by atoms with Gasteiger partial charge in [0.2, 0.25) is 0 Å². The number of rotatable bonds is 6. The lowest BCUT2D eigenvalue weighted by atomic mass is 9.90. The first-order valence-electron chi connectivity index (χ1n) is 6.40. The maximum absolute atomic E-state index is 10.5. The summed E-state index contributed by atoms with van der Waals surface area (Å²) in [6.07, 6.45) is 4.19. The Bertz CT molecular complexity index is 376. The van der Waals surface area contributed by atoms with Crippen molar-refractivity contribution in [1.29, 1.82) is 0 Å². The van der Waals surface area contributed by atoms with Gasteiger partial charge in [-0.15, -0.1) is 0 Å². The summed E-state index contributed by atoms with van der Waals surface area (Å²) in [6.45, 7) is 6.24. The Labute approximate surface area is 112 Å². The van der Waals surface area contributed by atoms with E-state index in [4.69, 9.17) is 0 Å². The average Bonchev–Trinajstić information content (AvgIpc) is 2.57. The van der Waals surface area contributed by atoms with Gasteiger partial charge in [-0.3, -0.25) is 4.68 Å². The molecule has 4 heteroatoms. The van der Waals surface area contributed by atoms with Crippen LogP contribution in [0.4, 0.5) is 0 Å². The Morgan fingerprint density at radius 3 is 2.41 bits per heavy atom. The summed E-state index contributed by atoms with van der Waals surface area (Å²) in [7, 11) is 1.95. The molecule has 1 rings (SSSR count). The molecule has 1 atom stereocenters. The highest BCUT2D eigenvalue weighted by molar-refractivity contribution is 9.10. The minimum Gasteiger partial charge on any atom is -0.389 e. The van der Waals surface area contributed by atoms with Crippen LogP contribution in [0.1, 0.15) is 51.4 Å². The summed E-state index contributed by atoms with van der Waals surface area (Å²) >= 11 is 3.60. The van der Waals surface area contributed by atoms with Gasteiger partial charge in [0.1, 0.15) is 0 Å². The largest absolute Gasteiger partial charge is 0.389 e. The van der Waals surface area contributed by atoms with Gasteiger partial charge in [0.15, 0.2) is 0 Å². The van der Waals surface area contributed by atoms with Crippen LogP contribution in [0.2, 0.25) is 0 Å². The van der Waals surface area contributed by atoms with Crippen LogP contribution in [0.5, 0.6) is 0 Å². The van der Waals surface area contributed by atoms with E-state index in [-0.39, 0.29) is 0 Å². The van der Waals surface area contributed by atoms with E-state index in [1.807, 2.05) is 18.7 Å². The lowest BCUT2D eigenvalue weighted by molar-refractivity contribution is 0.0252. The second kappa shape index (κ2) is 6.01. The maximum Gasteiger partial charge on any atom is 0.0766 e. The second-order valence-corrected chi connectivity index (χ2v) is 5.48. The second-order valence-electron chi connectivity index (χ2n) is 4.69. The average molecular weight is 303 g/mol. The molecule has 0 aromatic carbocycles. The van der Waals surface area contributed by atoms with Crippen molar-refractivity contribution < 1.29 is 5.11 Å². The van der Waals surface area contributed by atoms with Crippen LogP contribution in [0.25, 0.3) is 0 Å². The molecule has 0 saturated heterocycles. The van der Waals surface area contributed by atoms with Crippen LogP contribution in [0.15, 0.2) is 4.47 Å². The molecule has 0 bridgehead atoms. The van der Waals surface area contributed by atoms with E-state index in [0.29, 0.717) is 6.42 Å². The van der Waals surface area contributed by atoms with Crippen molar-refractivity contribution in [1.82, 2.24) is 9.78 Å². The molecule has 0 radical (unpaired) electrons. The molecule has 0 amide bonds. The number of hydrogen-bond donors (Lipinski definition) is 1. The van der Waals surface area contributed by atoms with Crippen molar-refractivity contribution in [2.24, 2.45) is 7.05 Å². The van der Waals surface area contributed by atoms with Crippen molar-refractivity contribution in [2.45, 2.75) is 58.5 Å². The number of aliphatic hydroxyl groups is 1. The molecule has 1 aromatic rings. The number of hydrogen-bond acceptors (Lipinski definition) is 2. The molecule has 0 aliphatic rings. The van der Waals surface area contributed by atoms with E-state index in [9.17, 15) is 5.11 Å². The topological polar surface area (TPSA) is 38.1 Å². The molecule has 98 valence electrons. The first-order chi connectivity index (χ1) is 7.97. The number of halogens is 1. The summed E-state index contributed by atoms with van der Waals surface area (Å²) in [5.74, 6) is 0. The van der Waals surface area contributed by atoms with Crippen LogP contribution in [0.3, 0.4) is 0 Å². The first kappa shape index (κ1) is 14.7. The van der Waals surface area contributed by atoms with Crippen LogP contribution in [-0.2, 0) is 19.9 Å². The van der Waals surface area contributed by atoms with Crippen LogP contribution in [0, 0.1) is 0 Å². The summed E-state index contributed by atoms with van der Waals surface area (Å²) < 4.78 is 2.95. The zero-order valence-corrected chi connectivity index (χ0v) is 12.8. The summed E-state index contributed by atoms with van der Waals surface area (Å²) in [6, 6.07) is 0. The predicted molar refractivity (Wildman–Crippen MR) is 74.1 cm³/mol. The van der Waals surface area contributed by atoms with Gasteiger partial charge in [0.05, 0.1) is 21.5 Å². The Kier molecular flexibility index (Phi) is 5.20. The molecule has 1 heterocycles. The Morgan fingerprint density at radius 2 is 2.00 bits per heavy atom. The van der Waals surface area contributed by atoms with E-state index >= 15 is 0 Å². The van der Waals surface area contributed by atoms with Gasteiger partial charge in [-0.2, -0.15) is 5.10 Å². The first-order valence-corrected chi connectivity index (χ1v) is 7.19. The molecule has 1 N–H and O–H groups in total. The monoisotopic (exact) mass is 302 g/mol. The van der Waals surface area contributed by atoms with Gasteiger partial charge >= 0.3 is 0 Å². The molecule has 0 aliphatic heterocycles. The van der Waals surface area contributed by atoms with Crippen LogP contribution < -0.4 is 0 Å². The molecule has 0 saturated carbocycles.